The highest BCUT2D eigenvalue weighted by Crippen LogP contribution is 2.35. The summed E-state index contributed by atoms with van der Waals surface area (Å²) in [6.45, 7) is 7.81. The van der Waals surface area contributed by atoms with Crippen LogP contribution in [-0.2, 0) is 4.74 Å². The molecule has 4 nitrogen and oxygen atoms in total. The Morgan fingerprint density at radius 1 is 1.53 bits per heavy atom. The molecule has 0 radical (unpaired) electrons. The molecule has 2 unspecified atom stereocenters. The number of ether oxygens (including phenoxy) is 2. The molecular formula is C15H24N2O2. The lowest BCUT2D eigenvalue weighted by Gasteiger charge is -2.31. The summed E-state index contributed by atoms with van der Waals surface area (Å²) >= 11 is 0. The molecule has 0 amide bonds. The summed E-state index contributed by atoms with van der Waals surface area (Å²) in [4.78, 5) is 0. The van der Waals surface area contributed by atoms with E-state index in [0.29, 0.717) is 12.3 Å². The van der Waals surface area contributed by atoms with Crippen LogP contribution in [0.1, 0.15) is 33.6 Å². The summed E-state index contributed by atoms with van der Waals surface area (Å²) in [6, 6.07) is 5.87. The van der Waals surface area contributed by atoms with Crippen molar-refractivity contribution in [3.63, 3.8) is 0 Å². The molecule has 2 rings (SSSR count). The van der Waals surface area contributed by atoms with Gasteiger partial charge in [0.15, 0.2) is 0 Å². The van der Waals surface area contributed by atoms with Crippen LogP contribution in [0.15, 0.2) is 18.2 Å². The van der Waals surface area contributed by atoms with Gasteiger partial charge in [-0.15, -0.1) is 0 Å². The van der Waals surface area contributed by atoms with Crippen LogP contribution >= 0.6 is 0 Å². The van der Waals surface area contributed by atoms with Crippen molar-refractivity contribution in [3.8, 4) is 5.75 Å². The predicted molar refractivity (Wildman–Crippen MR) is 78.7 cm³/mol. The fraction of sp³-hybridized carbons (Fsp3) is 0.600. The molecule has 1 aromatic carbocycles. The zero-order valence-corrected chi connectivity index (χ0v) is 12.0. The van der Waals surface area contributed by atoms with Crippen molar-refractivity contribution in [2.45, 2.75) is 45.3 Å². The third-order valence-corrected chi connectivity index (χ3v) is 3.83. The van der Waals surface area contributed by atoms with Crippen molar-refractivity contribution in [2.75, 3.05) is 24.3 Å². The SMILES string of the molecule is CCCOc1cccc(NC2(C)CCOC2C)c1N. The van der Waals surface area contributed by atoms with Crippen LogP contribution < -0.4 is 15.8 Å². The molecule has 4 heteroatoms. The molecule has 3 N–H and O–H groups in total. The standard InChI is InChI=1S/C15H24N2O2/c1-4-9-19-13-7-5-6-12(14(13)16)17-15(3)8-10-18-11(15)2/h5-7,11,17H,4,8-10,16H2,1-3H3. The molecule has 0 saturated carbocycles. The minimum absolute atomic E-state index is 0.0719. The normalized spacial score (nSPS) is 26.4. The zero-order valence-electron chi connectivity index (χ0n) is 12.0. The maximum Gasteiger partial charge on any atom is 0.144 e. The molecular weight excluding hydrogens is 240 g/mol. The summed E-state index contributed by atoms with van der Waals surface area (Å²) in [5, 5.41) is 3.52. The molecule has 0 bridgehead atoms. The highest BCUT2D eigenvalue weighted by molar-refractivity contribution is 5.73. The summed E-state index contributed by atoms with van der Waals surface area (Å²) in [6.07, 6.45) is 2.12. The van der Waals surface area contributed by atoms with Gasteiger partial charge >= 0.3 is 0 Å². The number of nitrogens with one attached hydrogen (secondary N) is 1. The Hall–Kier alpha value is -1.42. The topological polar surface area (TPSA) is 56.5 Å². The van der Waals surface area contributed by atoms with E-state index >= 15 is 0 Å². The molecule has 19 heavy (non-hydrogen) atoms. The first-order valence-electron chi connectivity index (χ1n) is 6.98. The Kier molecular flexibility index (Phi) is 4.20. The van der Waals surface area contributed by atoms with Crippen molar-refractivity contribution in [3.05, 3.63) is 18.2 Å². The van der Waals surface area contributed by atoms with Gasteiger partial charge in [0.2, 0.25) is 0 Å². The Morgan fingerprint density at radius 3 is 2.95 bits per heavy atom. The Bertz CT molecular complexity index is 436. The van der Waals surface area contributed by atoms with Gasteiger partial charge in [0.1, 0.15) is 5.75 Å². The van der Waals surface area contributed by atoms with E-state index < -0.39 is 0 Å². The van der Waals surface area contributed by atoms with Crippen LogP contribution in [0.5, 0.6) is 5.75 Å². The minimum atomic E-state index is -0.0719. The first-order valence-corrected chi connectivity index (χ1v) is 6.98. The van der Waals surface area contributed by atoms with Crippen LogP contribution in [0.4, 0.5) is 11.4 Å². The lowest BCUT2D eigenvalue weighted by Crippen LogP contribution is -2.41. The average Bonchev–Trinajstić information content (AvgIpc) is 2.71. The number of anilines is 2. The van der Waals surface area contributed by atoms with Crippen LogP contribution in [0, 0.1) is 0 Å². The molecule has 1 aromatic rings. The van der Waals surface area contributed by atoms with E-state index in [-0.39, 0.29) is 11.6 Å². The largest absolute Gasteiger partial charge is 0.491 e. The molecule has 1 heterocycles. The Morgan fingerprint density at radius 2 is 2.32 bits per heavy atom. The third-order valence-electron chi connectivity index (χ3n) is 3.83. The number of benzene rings is 1. The molecule has 2 atom stereocenters. The van der Waals surface area contributed by atoms with Crippen molar-refractivity contribution in [2.24, 2.45) is 0 Å². The number of para-hydroxylation sites is 1. The number of nitrogen functional groups attached to an aromatic ring is 1. The van der Waals surface area contributed by atoms with Crippen LogP contribution in [0.2, 0.25) is 0 Å². The van der Waals surface area contributed by atoms with E-state index in [2.05, 4.69) is 26.1 Å². The average molecular weight is 264 g/mol. The van der Waals surface area contributed by atoms with Gasteiger partial charge in [-0.1, -0.05) is 13.0 Å². The molecule has 1 aliphatic rings. The smallest absolute Gasteiger partial charge is 0.144 e. The number of nitrogens with two attached hydrogens (primary N) is 1. The van der Waals surface area contributed by atoms with Crippen molar-refractivity contribution in [1.82, 2.24) is 0 Å². The molecule has 1 fully saturated rings. The quantitative estimate of drug-likeness (QED) is 0.803. The van der Waals surface area contributed by atoms with Gasteiger partial charge in [-0.05, 0) is 38.8 Å². The van der Waals surface area contributed by atoms with E-state index in [0.717, 1.165) is 30.9 Å². The van der Waals surface area contributed by atoms with Gasteiger partial charge in [0.05, 0.1) is 29.6 Å². The van der Waals surface area contributed by atoms with Gasteiger partial charge in [-0.3, -0.25) is 0 Å². The van der Waals surface area contributed by atoms with Gasteiger partial charge in [-0.2, -0.15) is 0 Å². The maximum absolute atomic E-state index is 6.18. The molecule has 0 aliphatic carbocycles. The lowest BCUT2D eigenvalue weighted by molar-refractivity contribution is 0.105. The molecule has 1 saturated heterocycles. The van der Waals surface area contributed by atoms with Crippen molar-refractivity contribution < 1.29 is 9.47 Å². The summed E-state index contributed by atoms with van der Waals surface area (Å²) < 4.78 is 11.3. The highest BCUT2D eigenvalue weighted by atomic mass is 16.5. The number of hydrogen-bond donors (Lipinski definition) is 2. The van der Waals surface area contributed by atoms with Crippen LogP contribution in [0.3, 0.4) is 0 Å². The lowest BCUT2D eigenvalue weighted by atomic mass is 9.94. The molecule has 0 aromatic heterocycles. The summed E-state index contributed by atoms with van der Waals surface area (Å²) in [7, 11) is 0. The van der Waals surface area contributed by atoms with Crippen LogP contribution in [-0.4, -0.2) is 24.9 Å². The number of rotatable bonds is 5. The predicted octanol–water partition coefficient (Wildman–Crippen LogP) is 3.04. The second-order valence-electron chi connectivity index (χ2n) is 5.37. The van der Waals surface area contributed by atoms with Crippen molar-refractivity contribution in [1.29, 1.82) is 0 Å². The van der Waals surface area contributed by atoms with Crippen molar-refractivity contribution >= 4 is 11.4 Å². The molecule has 0 spiro atoms. The van der Waals surface area contributed by atoms with E-state index in [1.54, 1.807) is 0 Å². The van der Waals surface area contributed by atoms with E-state index in [4.69, 9.17) is 15.2 Å². The highest BCUT2D eigenvalue weighted by Gasteiger charge is 2.37. The zero-order chi connectivity index (χ0) is 13.9. The van der Waals surface area contributed by atoms with Crippen LogP contribution in [0.25, 0.3) is 0 Å². The van der Waals surface area contributed by atoms with E-state index in [9.17, 15) is 0 Å². The monoisotopic (exact) mass is 264 g/mol. The minimum Gasteiger partial charge on any atom is -0.491 e. The number of hydrogen-bond acceptors (Lipinski definition) is 4. The molecule has 1 aliphatic heterocycles. The third kappa shape index (κ3) is 2.95. The molecule has 106 valence electrons. The Labute approximate surface area is 115 Å². The summed E-state index contributed by atoms with van der Waals surface area (Å²) in [5.41, 5.74) is 7.71. The van der Waals surface area contributed by atoms with E-state index in [1.807, 2.05) is 18.2 Å². The fourth-order valence-corrected chi connectivity index (χ4v) is 2.30. The second-order valence-corrected chi connectivity index (χ2v) is 5.37. The maximum atomic E-state index is 6.18. The Balaban J connectivity index is 2.16. The first-order chi connectivity index (χ1) is 9.07. The van der Waals surface area contributed by atoms with Gasteiger partial charge in [0.25, 0.3) is 0 Å². The van der Waals surface area contributed by atoms with Gasteiger partial charge in [-0.25, -0.2) is 0 Å². The summed E-state index contributed by atoms with van der Waals surface area (Å²) in [5.74, 6) is 0.752. The van der Waals surface area contributed by atoms with Gasteiger partial charge in [0, 0.05) is 6.61 Å². The van der Waals surface area contributed by atoms with E-state index in [1.165, 1.54) is 0 Å². The van der Waals surface area contributed by atoms with Gasteiger partial charge < -0.3 is 20.5 Å². The first kappa shape index (κ1) is 14.0. The second kappa shape index (κ2) is 5.70. The fourth-order valence-electron chi connectivity index (χ4n) is 2.30.